The minimum Gasteiger partial charge on any atom is -0.492 e. The van der Waals surface area contributed by atoms with Crippen molar-refractivity contribution in [2.45, 2.75) is 26.2 Å². The molecule has 19 heavy (non-hydrogen) atoms. The number of rotatable bonds is 6. The van der Waals surface area contributed by atoms with Gasteiger partial charge in [-0.25, -0.2) is 0 Å². The van der Waals surface area contributed by atoms with Gasteiger partial charge in [0.05, 0.1) is 6.42 Å². The lowest BCUT2D eigenvalue weighted by Gasteiger charge is -2.15. The highest BCUT2D eigenvalue weighted by Crippen LogP contribution is 2.18. The molecule has 0 unspecified atom stereocenters. The number of nitrogens with two attached hydrogens (primary N) is 1. The number of ether oxygens (including phenoxy) is 1. The van der Waals surface area contributed by atoms with E-state index < -0.39 is 0 Å². The van der Waals surface area contributed by atoms with Gasteiger partial charge in [0, 0.05) is 6.54 Å². The van der Waals surface area contributed by atoms with Crippen molar-refractivity contribution < 1.29 is 9.53 Å². The average molecular weight is 262 g/mol. The van der Waals surface area contributed by atoms with Gasteiger partial charge in [0.1, 0.15) is 12.4 Å². The molecule has 0 atom stereocenters. The number of hydrogen-bond donors (Lipinski definition) is 1. The van der Waals surface area contributed by atoms with Gasteiger partial charge < -0.3 is 10.5 Å². The number of likely N-dealkylation sites (tertiary alicyclic amines) is 1. The molecule has 1 heterocycles. The fraction of sp³-hybridized carbons (Fsp3) is 0.533. The van der Waals surface area contributed by atoms with Crippen molar-refractivity contribution in [1.29, 1.82) is 0 Å². The van der Waals surface area contributed by atoms with Crippen molar-refractivity contribution in [3.63, 3.8) is 0 Å². The van der Waals surface area contributed by atoms with Gasteiger partial charge in [0.2, 0.25) is 5.91 Å². The molecule has 2 N–H and O–H groups in total. The molecule has 4 nitrogen and oxygen atoms in total. The normalized spacial score (nSPS) is 15.6. The van der Waals surface area contributed by atoms with Crippen molar-refractivity contribution in [2.24, 2.45) is 5.73 Å². The van der Waals surface area contributed by atoms with Crippen LogP contribution < -0.4 is 10.5 Å². The Morgan fingerprint density at radius 2 is 2.11 bits per heavy atom. The van der Waals surface area contributed by atoms with Gasteiger partial charge in [-0.05, 0) is 56.1 Å². The molecule has 4 heteroatoms. The van der Waals surface area contributed by atoms with Gasteiger partial charge in [-0.2, -0.15) is 0 Å². The lowest BCUT2D eigenvalue weighted by atomic mass is 10.1. The summed E-state index contributed by atoms with van der Waals surface area (Å²) in [5, 5.41) is 0. The molecule has 1 aromatic carbocycles. The standard InChI is InChI=1S/C15H22N2O2/c1-12-10-14(5-4-13(12)11-15(16)18)19-9-8-17-6-2-3-7-17/h4-5,10H,2-3,6-9,11H2,1H3,(H2,16,18). The van der Waals surface area contributed by atoms with Crippen LogP contribution in [-0.4, -0.2) is 37.0 Å². The average Bonchev–Trinajstić information content (AvgIpc) is 2.85. The maximum absolute atomic E-state index is 10.9. The van der Waals surface area contributed by atoms with E-state index in [4.69, 9.17) is 10.5 Å². The van der Waals surface area contributed by atoms with E-state index in [1.54, 1.807) is 0 Å². The summed E-state index contributed by atoms with van der Waals surface area (Å²) >= 11 is 0. The van der Waals surface area contributed by atoms with Crippen molar-refractivity contribution >= 4 is 5.91 Å². The topological polar surface area (TPSA) is 55.6 Å². The smallest absolute Gasteiger partial charge is 0.221 e. The third-order valence-electron chi connectivity index (χ3n) is 3.55. The van der Waals surface area contributed by atoms with Gasteiger partial charge in [0.25, 0.3) is 0 Å². The molecule has 1 saturated heterocycles. The van der Waals surface area contributed by atoms with E-state index >= 15 is 0 Å². The molecule has 1 aliphatic rings. The first-order valence-electron chi connectivity index (χ1n) is 6.88. The predicted octanol–water partition coefficient (Wildman–Crippen LogP) is 1.50. The predicted molar refractivity (Wildman–Crippen MR) is 75.2 cm³/mol. The third-order valence-corrected chi connectivity index (χ3v) is 3.55. The molecule has 0 aromatic heterocycles. The molecule has 104 valence electrons. The van der Waals surface area contributed by atoms with E-state index in [0.29, 0.717) is 13.0 Å². The Labute approximate surface area is 114 Å². The molecule has 1 aromatic rings. The van der Waals surface area contributed by atoms with Crippen LogP contribution in [0.15, 0.2) is 18.2 Å². The van der Waals surface area contributed by atoms with Crippen LogP contribution in [0.5, 0.6) is 5.75 Å². The van der Waals surface area contributed by atoms with Gasteiger partial charge >= 0.3 is 0 Å². The number of amides is 1. The SMILES string of the molecule is Cc1cc(OCCN2CCCC2)ccc1CC(N)=O. The number of benzene rings is 1. The fourth-order valence-corrected chi connectivity index (χ4v) is 2.44. The first-order chi connectivity index (χ1) is 9.15. The molecular weight excluding hydrogens is 240 g/mol. The lowest BCUT2D eigenvalue weighted by Crippen LogP contribution is -2.25. The van der Waals surface area contributed by atoms with Gasteiger partial charge in [-0.3, -0.25) is 9.69 Å². The van der Waals surface area contributed by atoms with Crippen LogP contribution >= 0.6 is 0 Å². The second kappa shape index (κ2) is 6.57. The van der Waals surface area contributed by atoms with Crippen LogP contribution in [0.1, 0.15) is 24.0 Å². The molecule has 1 amide bonds. The fourth-order valence-electron chi connectivity index (χ4n) is 2.44. The second-order valence-electron chi connectivity index (χ2n) is 5.13. The largest absolute Gasteiger partial charge is 0.492 e. The zero-order valence-corrected chi connectivity index (χ0v) is 11.5. The zero-order chi connectivity index (χ0) is 13.7. The van der Waals surface area contributed by atoms with Crippen molar-refractivity contribution in [2.75, 3.05) is 26.2 Å². The maximum atomic E-state index is 10.9. The van der Waals surface area contributed by atoms with E-state index in [9.17, 15) is 4.79 Å². The number of aryl methyl sites for hydroxylation is 1. The summed E-state index contributed by atoms with van der Waals surface area (Å²) in [6.45, 7) is 6.07. The number of nitrogens with zero attached hydrogens (tertiary/aromatic N) is 1. The third kappa shape index (κ3) is 4.24. The number of carbonyl (C=O) groups excluding carboxylic acids is 1. The summed E-state index contributed by atoms with van der Waals surface area (Å²) in [5.74, 6) is 0.565. The Bertz CT molecular complexity index is 440. The molecule has 0 radical (unpaired) electrons. The van der Waals surface area contributed by atoms with Crippen LogP contribution in [0, 0.1) is 6.92 Å². The summed E-state index contributed by atoms with van der Waals surface area (Å²) in [6.07, 6.45) is 2.90. The number of carbonyl (C=O) groups is 1. The molecule has 0 spiro atoms. The lowest BCUT2D eigenvalue weighted by molar-refractivity contribution is -0.117. The summed E-state index contributed by atoms with van der Waals surface area (Å²) in [5.41, 5.74) is 7.23. The number of hydrogen-bond acceptors (Lipinski definition) is 3. The Kier molecular flexibility index (Phi) is 4.80. The van der Waals surface area contributed by atoms with Gasteiger partial charge in [0.15, 0.2) is 0 Å². The summed E-state index contributed by atoms with van der Waals surface area (Å²) < 4.78 is 5.75. The van der Waals surface area contributed by atoms with Crippen molar-refractivity contribution in [3.8, 4) is 5.75 Å². The Hall–Kier alpha value is -1.55. The minimum absolute atomic E-state index is 0.292. The Morgan fingerprint density at radius 1 is 1.37 bits per heavy atom. The van der Waals surface area contributed by atoms with Crippen LogP contribution in [0.4, 0.5) is 0 Å². The van der Waals surface area contributed by atoms with E-state index in [1.165, 1.54) is 25.9 Å². The molecule has 0 aliphatic carbocycles. The summed E-state index contributed by atoms with van der Waals surface area (Å²) in [7, 11) is 0. The van der Waals surface area contributed by atoms with Crippen LogP contribution in [-0.2, 0) is 11.2 Å². The van der Waals surface area contributed by atoms with E-state index in [0.717, 1.165) is 23.4 Å². The minimum atomic E-state index is -0.300. The van der Waals surface area contributed by atoms with E-state index in [2.05, 4.69) is 4.90 Å². The van der Waals surface area contributed by atoms with E-state index in [-0.39, 0.29) is 5.91 Å². The Morgan fingerprint density at radius 3 is 2.74 bits per heavy atom. The van der Waals surface area contributed by atoms with Gasteiger partial charge in [-0.1, -0.05) is 6.07 Å². The van der Waals surface area contributed by atoms with Gasteiger partial charge in [-0.15, -0.1) is 0 Å². The van der Waals surface area contributed by atoms with Crippen LogP contribution in [0.2, 0.25) is 0 Å². The van der Waals surface area contributed by atoms with Crippen molar-refractivity contribution in [3.05, 3.63) is 29.3 Å². The molecule has 2 rings (SSSR count). The first-order valence-corrected chi connectivity index (χ1v) is 6.88. The first kappa shape index (κ1) is 13.9. The summed E-state index contributed by atoms with van der Waals surface area (Å²) in [6, 6.07) is 5.81. The quantitative estimate of drug-likeness (QED) is 0.845. The monoisotopic (exact) mass is 262 g/mol. The zero-order valence-electron chi connectivity index (χ0n) is 11.5. The molecule has 0 saturated carbocycles. The van der Waals surface area contributed by atoms with Crippen molar-refractivity contribution in [1.82, 2.24) is 4.90 Å². The molecule has 0 bridgehead atoms. The Balaban J connectivity index is 1.83. The van der Waals surface area contributed by atoms with Crippen LogP contribution in [0.3, 0.4) is 0 Å². The highest BCUT2D eigenvalue weighted by atomic mass is 16.5. The van der Waals surface area contributed by atoms with E-state index in [1.807, 2.05) is 25.1 Å². The molecule has 1 fully saturated rings. The maximum Gasteiger partial charge on any atom is 0.221 e. The van der Waals surface area contributed by atoms with Crippen LogP contribution in [0.25, 0.3) is 0 Å². The molecule has 1 aliphatic heterocycles. The number of primary amides is 1. The summed E-state index contributed by atoms with van der Waals surface area (Å²) in [4.78, 5) is 13.3. The second-order valence-corrected chi connectivity index (χ2v) is 5.13. The highest BCUT2D eigenvalue weighted by Gasteiger charge is 2.11. The molecular formula is C15H22N2O2. The highest BCUT2D eigenvalue weighted by molar-refractivity contribution is 5.77.